The average molecular weight is 244 g/mol. The van der Waals surface area contributed by atoms with Crippen LogP contribution in [0.3, 0.4) is 0 Å². The van der Waals surface area contributed by atoms with Crippen molar-refractivity contribution in [2.45, 2.75) is 33.4 Å². The van der Waals surface area contributed by atoms with E-state index in [0.29, 0.717) is 0 Å². The number of nitrogens with zero attached hydrogens (tertiary/aromatic N) is 2. The van der Waals surface area contributed by atoms with Gasteiger partial charge in [0.15, 0.2) is 0 Å². The summed E-state index contributed by atoms with van der Waals surface area (Å²) in [6, 6.07) is 6.39. The summed E-state index contributed by atoms with van der Waals surface area (Å²) in [5.41, 5.74) is 7.68. The van der Waals surface area contributed by atoms with E-state index in [1.54, 1.807) is 0 Å². The van der Waals surface area contributed by atoms with Crippen molar-refractivity contribution in [3.63, 3.8) is 0 Å². The Hall–Kier alpha value is -1.65. The lowest BCUT2D eigenvalue weighted by atomic mass is 9.98. The molecule has 0 saturated carbocycles. The van der Waals surface area contributed by atoms with Crippen molar-refractivity contribution >= 4 is 0 Å². The molecule has 1 aromatic carbocycles. The number of hydrazine groups is 1. The Bertz CT molecular complexity index is 530. The Morgan fingerprint density at radius 3 is 2.61 bits per heavy atom. The summed E-state index contributed by atoms with van der Waals surface area (Å²) in [4.78, 5) is 0. The standard InChI is InChI=1S/C14H20N4/c1-4-18-9-13(8-16-18)14(17-15)12-6-5-10(2)11(3)7-12/h5-9,14,17H,4,15H2,1-3H3. The summed E-state index contributed by atoms with van der Waals surface area (Å²) in [6.07, 6.45) is 3.89. The molecule has 96 valence electrons. The van der Waals surface area contributed by atoms with Gasteiger partial charge in [0.25, 0.3) is 0 Å². The molecule has 3 N–H and O–H groups in total. The summed E-state index contributed by atoms with van der Waals surface area (Å²) in [6.45, 7) is 7.16. The fourth-order valence-electron chi connectivity index (χ4n) is 2.03. The molecule has 18 heavy (non-hydrogen) atoms. The van der Waals surface area contributed by atoms with Crippen LogP contribution in [0.4, 0.5) is 0 Å². The second-order valence-corrected chi connectivity index (χ2v) is 4.57. The highest BCUT2D eigenvalue weighted by molar-refractivity contribution is 5.35. The van der Waals surface area contributed by atoms with Crippen LogP contribution in [0.2, 0.25) is 0 Å². The average Bonchev–Trinajstić information content (AvgIpc) is 2.83. The van der Waals surface area contributed by atoms with Crippen molar-refractivity contribution in [1.82, 2.24) is 15.2 Å². The molecular weight excluding hydrogens is 224 g/mol. The Kier molecular flexibility index (Phi) is 3.79. The Morgan fingerprint density at radius 1 is 1.28 bits per heavy atom. The zero-order valence-electron chi connectivity index (χ0n) is 11.1. The third kappa shape index (κ3) is 2.44. The molecule has 2 rings (SSSR count). The van der Waals surface area contributed by atoms with Gasteiger partial charge < -0.3 is 0 Å². The van der Waals surface area contributed by atoms with Crippen molar-refractivity contribution in [3.8, 4) is 0 Å². The van der Waals surface area contributed by atoms with E-state index >= 15 is 0 Å². The normalized spacial score (nSPS) is 12.7. The molecule has 1 heterocycles. The van der Waals surface area contributed by atoms with Gasteiger partial charge in [0.2, 0.25) is 0 Å². The van der Waals surface area contributed by atoms with E-state index in [-0.39, 0.29) is 6.04 Å². The topological polar surface area (TPSA) is 55.9 Å². The van der Waals surface area contributed by atoms with Gasteiger partial charge in [-0.15, -0.1) is 0 Å². The molecule has 4 nitrogen and oxygen atoms in total. The van der Waals surface area contributed by atoms with Crippen LogP contribution in [0, 0.1) is 13.8 Å². The van der Waals surface area contributed by atoms with Gasteiger partial charge in [-0.3, -0.25) is 10.5 Å². The molecule has 0 aliphatic rings. The maximum atomic E-state index is 5.69. The number of hydrogen-bond donors (Lipinski definition) is 2. The minimum absolute atomic E-state index is 0.00963. The predicted molar refractivity (Wildman–Crippen MR) is 73.0 cm³/mol. The van der Waals surface area contributed by atoms with Crippen LogP contribution in [0.1, 0.15) is 35.2 Å². The lowest BCUT2D eigenvalue weighted by Crippen LogP contribution is -2.28. The van der Waals surface area contributed by atoms with E-state index < -0.39 is 0 Å². The van der Waals surface area contributed by atoms with Gasteiger partial charge >= 0.3 is 0 Å². The number of benzene rings is 1. The quantitative estimate of drug-likeness (QED) is 0.639. The lowest BCUT2D eigenvalue weighted by Gasteiger charge is -2.16. The second-order valence-electron chi connectivity index (χ2n) is 4.57. The smallest absolute Gasteiger partial charge is 0.0740 e. The molecule has 4 heteroatoms. The lowest BCUT2D eigenvalue weighted by molar-refractivity contribution is 0.629. The molecule has 0 fully saturated rings. The molecule has 2 aromatic rings. The van der Waals surface area contributed by atoms with E-state index in [2.05, 4.69) is 49.5 Å². The number of aromatic nitrogens is 2. The van der Waals surface area contributed by atoms with Crippen molar-refractivity contribution in [1.29, 1.82) is 0 Å². The number of hydrogen-bond acceptors (Lipinski definition) is 3. The van der Waals surface area contributed by atoms with Gasteiger partial charge in [-0.2, -0.15) is 5.10 Å². The number of nitrogens with two attached hydrogens (primary N) is 1. The second kappa shape index (κ2) is 5.33. The zero-order chi connectivity index (χ0) is 13.1. The highest BCUT2D eigenvalue weighted by Gasteiger charge is 2.14. The number of rotatable bonds is 4. The number of aryl methyl sites for hydroxylation is 3. The van der Waals surface area contributed by atoms with E-state index in [0.717, 1.165) is 17.7 Å². The summed E-state index contributed by atoms with van der Waals surface area (Å²) in [5, 5.41) is 4.29. The van der Waals surface area contributed by atoms with Crippen molar-refractivity contribution in [2.24, 2.45) is 5.84 Å². The van der Waals surface area contributed by atoms with E-state index in [1.165, 1.54) is 11.1 Å². The molecule has 0 bridgehead atoms. The van der Waals surface area contributed by atoms with Crippen LogP contribution >= 0.6 is 0 Å². The minimum Gasteiger partial charge on any atom is -0.273 e. The minimum atomic E-state index is -0.00963. The monoisotopic (exact) mass is 244 g/mol. The molecule has 0 aliphatic carbocycles. The van der Waals surface area contributed by atoms with Crippen molar-refractivity contribution in [2.75, 3.05) is 0 Å². The third-order valence-electron chi connectivity index (χ3n) is 3.34. The third-order valence-corrected chi connectivity index (χ3v) is 3.34. The summed E-state index contributed by atoms with van der Waals surface area (Å²) in [5.74, 6) is 5.69. The van der Waals surface area contributed by atoms with E-state index in [4.69, 9.17) is 5.84 Å². The maximum Gasteiger partial charge on any atom is 0.0740 e. The van der Waals surface area contributed by atoms with Crippen LogP contribution < -0.4 is 11.3 Å². The summed E-state index contributed by atoms with van der Waals surface area (Å²) >= 11 is 0. The number of nitrogens with one attached hydrogen (secondary N) is 1. The van der Waals surface area contributed by atoms with E-state index in [1.807, 2.05) is 17.1 Å². The molecule has 0 radical (unpaired) electrons. The molecule has 1 unspecified atom stereocenters. The summed E-state index contributed by atoms with van der Waals surface area (Å²) < 4.78 is 1.90. The van der Waals surface area contributed by atoms with Crippen LogP contribution in [-0.2, 0) is 6.54 Å². The first-order valence-electron chi connectivity index (χ1n) is 6.21. The highest BCUT2D eigenvalue weighted by Crippen LogP contribution is 2.22. The maximum absolute atomic E-state index is 5.69. The van der Waals surface area contributed by atoms with Crippen LogP contribution in [-0.4, -0.2) is 9.78 Å². The Morgan fingerprint density at radius 2 is 2.06 bits per heavy atom. The zero-order valence-corrected chi connectivity index (χ0v) is 11.1. The molecule has 0 amide bonds. The fraction of sp³-hybridized carbons (Fsp3) is 0.357. The van der Waals surface area contributed by atoms with Gasteiger partial charge in [-0.1, -0.05) is 18.2 Å². The Balaban J connectivity index is 2.35. The van der Waals surface area contributed by atoms with Crippen LogP contribution in [0.15, 0.2) is 30.6 Å². The first-order valence-corrected chi connectivity index (χ1v) is 6.21. The van der Waals surface area contributed by atoms with Crippen LogP contribution in [0.5, 0.6) is 0 Å². The predicted octanol–water partition coefficient (Wildman–Crippen LogP) is 2.07. The molecular formula is C14H20N4. The fourth-order valence-corrected chi connectivity index (χ4v) is 2.03. The van der Waals surface area contributed by atoms with Gasteiger partial charge in [-0.25, -0.2) is 5.43 Å². The van der Waals surface area contributed by atoms with Gasteiger partial charge in [0.05, 0.1) is 12.2 Å². The molecule has 1 aromatic heterocycles. The SMILES string of the molecule is CCn1cc(C(NN)c2ccc(C)c(C)c2)cn1. The largest absolute Gasteiger partial charge is 0.273 e. The molecule has 1 atom stereocenters. The first-order chi connectivity index (χ1) is 8.65. The van der Waals surface area contributed by atoms with Crippen molar-refractivity contribution in [3.05, 3.63) is 52.8 Å². The van der Waals surface area contributed by atoms with Gasteiger partial charge in [0, 0.05) is 18.3 Å². The highest BCUT2D eigenvalue weighted by atomic mass is 15.3. The Labute approximate surface area is 108 Å². The van der Waals surface area contributed by atoms with Crippen LogP contribution in [0.25, 0.3) is 0 Å². The van der Waals surface area contributed by atoms with Crippen molar-refractivity contribution < 1.29 is 0 Å². The molecule has 0 aliphatic heterocycles. The van der Waals surface area contributed by atoms with Gasteiger partial charge in [0.1, 0.15) is 0 Å². The molecule has 0 spiro atoms. The molecule has 0 saturated heterocycles. The van der Waals surface area contributed by atoms with E-state index in [9.17, 15) is 0 Å². The summed E-state index contributed by atoms with van der Waals surface area (Å²) in [7, 11) is 0. The first kappa shape index (κ1) is 12.8. The van der Waals surface area contributed by atoms with Gasteiger partial charge in [-0.05, 0) is 37.5 Å².